The number of amides is 2. The van der Waals surface area contributed by atoms with Crippen LogP contribution in [0.15, 0.2) is 22.7 Å². The summed E-state index contributed by atoms with van der Waals surface area (Å²) in [6, 6.07) is 5.12. The van der Waals surface area contributed by atoms with Gasteiger partial charge in [0.15, 0.2) is 6.61 Å². The zero-order valence-corrected chi connectivity index (χ0v) is 16.9. The van der Waals surface area contributed by atoms with E-state index in [1.165, 1.54) is 0 Å². The molecule has 0 radical (unpaired) electrons. The van der Waals surface area contributed by atoms with Gasteiger partial charge in [-0.25, -0.2) is 4.79 Å². The van der Waals surface area contributed by atoms with Crippen LogP contribution in [0.4, 0.5) is 4.79 Å². The summed E-state index contributed by atoms with van der Waals surface area (Å²) >= 11 is 9.23. The van der Waals surface area contributed by atoms with Gasteiger partial charge in [-0.2, -0.15) is 0 Å². The molecular weight excluding hydrogens is 412 g/mol. The Morgan fingerprint density at radius 1 is 1.16 bits per heavy atom. The highest BCUT2D eigenvalue weighted by Crippen LogP contribution is 2.28. The predicted octanol–water partition coefficient (Wildman–Crippen LogP) is 3.56. The van der Waals surface area contributed by atoms with Crippen molar-refractivity contribution in [3.8, 4) is 5.75 Å². The average molecular weight is 434 g/mol. The van der Waals surface area contributed by atoms with Crippen LogP contribution in [0, 0.1) is 0 Å². The number of rotatable bonds is 3. The van der Waals surface area contributed by atoms with E-state index in [0.717, 1.165) is 0 Å². The molecule has 1 heterocycles. The van der Waals surface area contributed by atoms with E-state index in [1.807, 2.05) is 20.8 Å². The van der Waals surface area contributed by atoms with Crippen LogP contribution in [-0.4, -0.2) is 60.2 Å². The first-order valence-electron chi connectivity index (χ1n) is 7.99. The summed E-state index contributed by atoms with van der Waals surface area (Å²) in [7, 11) is 0. The van der Waals surface area contributed by atoms with Crippen molar-refractivity contribution < 1.29 is 19.1 Å². The first-order chi connectivity index (χ1) is 11.7. The van der Waals surface area contributed by atoms with Gasteiger partial charge in [0.05, 0.1) is 4.47 Å². The van der Waals surface area contributed by atoms with Crippen molar-refractivity contribution in [1.29, 1.82) is 0 Å². The molecular formula is C17H22BrClN2O4. The van der Waals surface area contributed by atoms with Gasteiger partial charge in [-0.05, 0) is 54.9 Å². The molecule has 6 nitrogen and oxygen atoms in total. The third-order valence-electron chi connectivity index (χ3n) is 3.53. The third kappa shape index (κ3) is 6.08. The van der Waals surface area contributed by atoms with Crippen molar-refractivity contribution in [2.45, 2.75) is 26.4 Å². The van der Waals surface area contributed by atoms with Crippen LogP contribution in [0.5, 0.6) is 5.75 Å². The molecule has 0 aromatic heterocycles. The molecule has 1 aliphatic heterocycles. The minimum Gasteiger partial charge on any atom is -0.483 e. The molecule has 0 saturated carbocycles. The summed E-state index contributed by atoms with van der Waals surface area (Å²) in [5.74, 6) is 0.441. The molecule has 0 N–H and O–H groups in total. The number of hydrogen-bond acceptors (Lipinski definition) is 4. The number of carbonyl (C=O) groups is 2. The zero-order valence-electron chi connectivity index (χ0n) is 14.6. The van der Waals surface area contributed by atoms with Crippen molar-refractivity contribution in [3.63, 3.8) is 0 Å². The fourth-order valence-corrected chi connectivity index (χ4v) is 3.09. The van der Waals surface area contributed by atoms with Gasteiger partial charge in [-0.15, -0.1) is 0 Å². The molecule has 0 spiro atoms. The van der Waals surface area contributed by atoms with E-state index in [9.17, 15) is 9.59 Å². The Balaban J connectivity index is 1.80. The number of nitrogens with zero attached hydrogens (tertiary/aromatic N) is 2. The van der Waals surface area contributed by atoms with Crippen LogP contribution < -0.4 is 4.74 Å². The summed E-state index contributed by atoms with van der Waals surface area (Å²) < 4.78 is 11.6. The highest BCUT2D eigenvalue weighted by atomic mass is 79.9. The molecule has 0 aliphatic carbocycles. The SMILES string of the molecule is CC(C)(C)OC(=O)N1CCN(C(=O)COc2ccc(Cl)cc2Br)CC1. The van der Waals surface area contributed by atoms with Gasteiger partial charge in [0.1, 0.15) is 11.4 Å². The van der Waals surface area contributed by atoms with Gasteiger partial charge >= 0.3 is 6.09 Å². The monoisotopic (exact) mass is 432 g/mol. The molecule has 1 fully saturated rings. The second-order valence-electron chi connectivity index (χ2n) is 6.71. The maximum Gasteiger partial charge on any atom is 0.410 e. The average Bonchev–Trinajstić information content (AvgIpc) is 2.52. The Morgan fingerprint density at radius 2 is 1.76 bits per heavy atom. The van der Waals surface area contributed by atoms with Crippen molar-refractivity contribution in [2.75, 3.05) is 32.8 Å². The Morgan fingerprint density at radius 3 is 2.32 bits per heavy atom. The maximum atomic E-state index is 12.3. The number of benzene rings is 1. The second kappa shape index (κ2) is 8.27. The lowest BCUT2D eigenvalue weighted by atomic mass is 10.2. The van der Waals surface area contributed by atoms with Gasteiger partial charge < -0.3 is 19.3 Å². The Labute approximate surface area is 161 Å². The molecule has 2 amide bonds. The van der Waals surface area contributed by atoms with E-state index in [0.29, 0.717) is 41.4 Å². The standard InChI is InChI=1S/C17H22BrClN2O4/c1-17(2,3)25-16(23)21-8-6-20(7-9-21)15(22)11-24-14-5-4-12(19)10-13(14)18/h4-5,10H,6-9,11H2,1-3H3. The molecule has 0 atom stereocenters. The zero-order chi connectivity index (χ0) is 18.6. The largest absolute Gasteiger partial charge is 0.483 e. The Bertz CT molecular complexity index is 640. The van der Waals surface area contributed by atoms with Crippen molar-refractivity contribution in [3.05, 3.63) is 27.7 Å². The van der Waals surface area contributed by atoms with Gasteiger partial charge in [0, 0.05) is 31.2 Å². The molecule has 1 saturated heterocycles. The number of halogens is 2. The van der Waals surface area contributed by atoms with Crippen LogP contribution in [0.1, 0.15) is 20.8 Å². The maximum absolute atomic E-state index is 12.3. The number of hydrogen-bond donors (Lipinski definition) is 0. The van der Waals surface area contributed by atoms with Crippen LogP contribution >= 0.6 is 27.5 Å². The highest BCUT2D eigenvalue weighted by Gasteiger charge is 2.27. The van der Waals surface area contributed by atoms with Crippen molar-refractivity contribution >= 4 is 39.5 Å². The van der Waals surface area contributed by atoms with Gasteiger partial charge in [-0.1, -0.05) is 11.6 Å². The van der Waals surface area contributed by atoms with E-state index in [1.54, 1.807) is 28.0 Å². The van der Waals surface area contributed by atoms with E-state index in [-0.39, 0.29) is 18.6 Å². The first kappa shape index (κ1) is 19.8. The van der Waals surface area contributed by atoms with Crippen LogP contribution in [0.3, 0.4) is 0 Å². The highest BCUT2D eigenvalue weighted by molar-refractivity contribution is 9.10. The number of ether oxygens (including phenoxy) is 2. The minimum atomic E-state index is -0.524. The fraction of sp³-hybridized carbons (Fsp3) is 0.529. The van der Waals surface area contributed by atoms with E-state index < -0.39 is 5.60 Å². The quantitative estimate of drug-likeness (QED) is 0.731. The summed E-state index contributed by atoms with van der Waals surface area (Å²) in [5, 5.41) is 0.587. The summed E-state index contributed by atoms with van der Waals surface area (Å²) in [4.78, 5) is 27.6. The Hall–Kier alpha value is -1.47. The minimum absolute atomic E-state index is 0.0628. The molecule has 1 aromatic rings. The van der Waals surface area contributed by atoms with E-state index in [2.05, 4.69) is 15.9 Å². The van der Waals surface area contributed by atoms with Gasteiger partial charge in [0.25, 0.3) is 5.91 Å². The van der Waals surface area contributed by atoms with Crippen molar-refractivity contribution in [2.24, 2.45) is 0 Å². The lowest BCUT2D eigenvalue weighted by Crippen LogP contribution is -2.52. The second-order valence-corrected chi connectivity index (χ2v) is 8.00. The van der Waals surface area contributed by atoms with Crippen LogP contribution in [-0.2, 0) is 9.53 Å². The topological polar surface area (TPSA) is 59.1 Å². The Kier molecular flexibility index (Phi) is 6.57. The molecule has 1 aromatic carbocycles. The normalized spacial score (nSPS) is 15.1. The molecule has 138 valence electrons. The number of carbonyl (C=O) groups excluding carboxylic acids is 2. The fourth-order valence-electron chi connectivity index (χ4n) is 2.29. The van der Waals surface area contributed by atoms with Gasteiger partial charge in [-0.3, -0.25) is 4.79 Å². The smallest absolute Gasteiger partial charge is 0.410 e. The van der Waals surface area contributed by atoms with E-state index >= 15 is 0 Å². The summed E-state index contributed by atoms with van der Waals surface area (Å²) in [6.45, 7) is 7.25. The molecule has 0 unspecified atom stereocenters. The van der Waals surface area contributed by atoms with Crippen LogP contribution in [0.25, 0.3) is 0 Å². The lowest BCUT2D eigenvalue weighted by molar-refractivity contribution is -0.135. The molecule has 0 bridgehead atoms. The summed E-state index contributed by atoms with van der Waals surface area (Å²) in [6.07, 6.45) is -0.346. The van der Waals surface area contributed by atoms with E-state index in [4.69, 9.17) is 21.1 Å². The van der Waals surface area contributed by atoms with Crippen molar-refractivity contribution in [1.82, 2.24) is 9.80 Å². The molecule has 25 heavy (non-hydrogen) atoms. The predicted molar refractivity (Wildman–Crippen MR) is 99.0 cm³/mol. The number of piperazine rings is 1. The first-order valence-corrected chi connectivity index (χ1v) is 9.16. The summed E-state index contributed by atoms with van der Waals surface area (Å²) in [5.41, 5.74) is -0.524. The lowest BCUT2D eigenvalue weighted by Gasteiger charge is -2.35. The molecule has 1 aliphatic rings. The molecule has 8 heteroatoms. The van der Waals surface area contributed by atoms with Gasteiger partial charge in [0.2, 0.25) is 0 Å². The van der Waals surface area contributed by atoms with Crippen LogP contribution in [0.2, 0.25) is 5.02 Å². The molecule has 2 rings (SSSR count). The third-order valence-corrected chi connectivity index (χ3v) is 4.38.